The predicted molar refractivity (Wildman–Crippen MR) is 258 cm³/mol. The molecule has 0 unspecified atom stereocenters. The van der Waals surface area contributed by atoms with E-state index in [2.05, 4.69) is 60.6 Å². The van der Waals surface area contributed by atoms with Gasteiger partial charge >= 0.3 is 5.97 Å². The number of hydrogen-bond acceptors (Lipinski definition) is 11. The number of anilines is 1. The minimum absolute atomic E-state index is 0.0338. The SMILES string of the molecule is COCCOCCN1c2cc3c(cc2C(C)=CC1(C)C)/C(=C/C=C/C=C/C=C/C1=[N+](CCCCCC(=O)ON2C(=O)CCC2=O)c2ccc(S(=O)(=O)[O-])cc2C1(C)C)C=C(c1ccccc1)O3. The minimum atomic E-state index is -4.68. The summed E-state index contributed by atoms with van der Waals surface area (Å²) in [5.74, 6) is -0.153. The van der Waals surface area contributed by atoms with E-state index in [0.717, 1.165) is 56.4 Å². The lowest BCUT2D eigenvalue weighted by atomic mass is 9.81. The van der Waals surface area contributed by atoms with Crippen molar-refractivity contribution in [2.24, 2.45) is 0 Å². The molecule has 0 saturated carbocycles. The maximum atomic E-state index is 12.4. The fourth-order valence-corrected chi connectivity index (χ4v) is 9.54. The zero-order chi connectivity index (χ0) is 47.9. The standard InChI is InChI=1S/C53H59N3O10S/c1-37-36-52(2,3)55(28-29-64-31-30-63-6)45-35-47-42(34-41(37)45)39(32-46(65-47)38-18-13-10-14-19-38)20-12-8-7-9-15-21-48-53(4,5)43-33-40(67(60,61)62)23-24-44(43)54(48)27-17-11-16-22-51(59)66-56-49(57)25-26-50(56)58/h7-10,12-15,18-21,23-24,32-36H,11,16-17,22,25-31H2,1-6H3. The summed E-state index contributed by atoms with van der Waals surface area (Å²) in [6.45, 7) is 13.5. The number of methoxy groups -OCH3 is 1. The Bertz CT molecular complexity index is 2730. The monoisotopic (exact) mass is 929 g/mol. The second-order valence-corrected chi connectivity index (χ2v) is 19.4. The van der Waals surface area contributed by atoms with Crippen molar-refractivity contribution in [3.63, 3.8) is 0 Å². The molecule has 0 aliphatic carbocycles. The smallest absolute Gasteiger partial charge is 0.333 e. The number of hydroxylamine groups is 2. The molecule has 0 radical (unpaired) electrons. The number of nitrogens with zero attached hydrogens (tertiary/aromatic N) is 3. The van der Waals surface area contributed by atoms with Gasteiger partial charge < -0.3 is 28.5 Å². The van der Waals surface area contributed by atoms with E-state index < -0.39 is 33.3 Å². The lowest BCUT2D eigenvalue weighted by Gasteiger charge is -2.44. The average molecular weight is 930 g/mol. The summed E-state index contributed by atoms with van der Waals surface area (Å²) in [7, 11) is -3.01. The Morgan fingerprint density at radius 1 is 0.881 bits per heavy atom. The van der Waals surface area contributed by atoms with Gasteiger partial charge in [0.2, 0.25) is 5.69 Å². The van der Waals surface area contributed by atoms with E-state index in [-0.39, 0.29) is 29.7 Å². The van der Waals surface area contributed by atoms with Crippen molar-refractivity contribution in [2.45, 2.75) is 89.0 Å². The van der Waals surface area contributed by atoms with Gasteiger partial charge in [-0.15, -0.1) is 5.06 Å². The number of imide groups is 1. The van der Waals surface area contributed by atoms with Gasteiger partial charge in [-0.05, 0) is 82.9 Å². The molecule has 352 valence electrons. The molecule has 4 aliphatic rings. The maximum Gasteiger partial charge on any atom is 0.333 e. The van der Waals surface area contributed by atoms with Crippen molar-refractivity contribution in [1.29, 1.82) is 0 Å². The Balaban J connectivity index is 1.10. The van der Waals surface area contributed by atoms with E-state index in [1.54, 1.807) is 13.2 Å². The summed E-state index contributed by atoms with van der Waals surface area (Å²) in [5, 5.41) is 0.559. The van der Waals surface area contributed by atoms with Gasteiger partial charge in [-0.2, -0.15) is 4.58 Å². The number of amides is 2. The molecular weight excluding hydrogens is 871 g/mol. The minimum Gasteiger partial charge on any atom is -0.744 e. The van der Waals surface area contributed by atoms with E-state index in [1.807, 2.05) is 80.6 Å². The van der Waals surface area contributed by atoms with Crippen LogP contribution in [0, 0.1) is 0 Å². The lowest BCUT2D eigenvalue weighted by Crippen LogP contribution is -2.46. The molecule has 3 aromatic rings. The summed E-state index contributed by atoms with van der Waals surface area (Å²) in [6, 6.07) is 18.9. The van der Waals surface area contributed by atoms with Crippen molar-refractivity contribution in [3.8, 4) is 5.75 Å². The van der Waals surface area contributed by atoms with Crippen LogP contribution < -0.4 is 9.64 Å². The second kappa shape index (κ2) is 20.8. The molecular formula is C53H59N3O10S. The van der Waals surface area contributed by atoms with Gasteiger partial charge in [0.05, 0.1) is 35.7 Å². The first kappa shape index (κ1) is 48.7. The molecule has 14 heteroatoms. The highest BCUT2D eigenvalue weighted by Crippen LogP contribution is 2.47. The van der Waals surface area contributed by atoms with Crippen LogP contribution in [0.25, 0.3) is 16.9 Å². The Morgan fingerprint density at radius 2 is 1.61 bits per heavy atom. The number of carbonyl (C=O) groups excluding carboxylic acids is 3. The van der Waals surface area contributed by atoms with Crippen molar-refractivity contribution in [2.75, 3.05) is 44.9 Å². The van der Waals surface area contributed by atoms with E-state index in [4.69, 9.17) is 19.0 Å². The van der Waals surface area contributed by atoms with Gasteiger partial charge in [0, 0.05) is 85.5 Å². The Labute approximate surface area is 393 Å². The highest BCUT2D eigenvalue weighted by Gasteiger charge is 2.44. The van der Waals surface area contributed by atoms with Crippen LogP contribution in [-0.4, -0.2) is 91.7 Å². The van der Waals surface area contributed by atoms with Crippen LogP contribution in [0.3, 0.4) is 0 Å². The molecule has 1 fully saturated rings. The third-order valence-corrected chi connectivity index (χ3v) is 13.3. The molecule has 2 amide bonds. The van der Waals surface area contributed by atoms with Gasteiger partial charge in [-0.1, -0.05) is 72.9 Å². The number of unbranched alkanes of at least 4 members (excludes halogenated alkanes) is 2. The molecule has 0 spiro atoms. The van der Waals surface area contributed by atoms with E-state index in [0.29, 0.717) is 57.2 Å². The summed E-state index contributed by atoms with van der Waals surface area (Å²) in [4.78, 5) is 43.1. The van der Waals surface area contributed by atoms with Crippen LogP contribution in [0.4, 0.5) is 11.4 Å². The average Bonchev–Trinajstić information content (AvgIpc) is 3.71. The topological polar surface area (TPSA) is 155 Å². The fourth-order valence-electron chi connectivity index (χ4n) is 9.04. The largest absolute Gasteiger partial charge is 0.744 e. The van der Waals surface area contributed by atoms with Crippen LogP contribution in [0.2, 0.25) is 0 Å². The highest BCUT2D eigenvalue weighted by molar-refractivity contribution is 7.85. The molecule has 7 rings (SSSR count). The number of carbonyl (C=O) groups is 3. The van der Waals surface area contributed by atoms with Crippen LogP contribution >= 0.6 is 0 Å². The Morgan fingerprint density at radius 3 is 2.34 bits per heavy atom. The number of hydrogen-bond donors (Lipinski definition) is 0. The van der Waals surface area contributed by atoms with Gasteiger partial charge in [0.1, 0.15) is 28.2 Å². The molecule has 13 nitrogen and oxygen atoms in total. The third-order valence-electron chi connectivity index (χ3n) is 12.4. The third kappa shape index (κ3) is 11.2. The van der Waals surface area contributed by atoms with Gasteiger partial charge in [-0.3, -0.25) is 9.59 Å². The van der Waals surface area contributed by atoms with Crippen LogP contribution in [-0.2, 0) is 44.2 Å². The number of ether oxygens (including phenoxy) is 3. The first-order chi connectivity index (χ1) is 32.0. The van der Waals surface area contributed by atoms with Crippen LogP contribution in [0.15, 0.2) is 120 Å². The van der Waals surface area contributed by atoms with Gasteiger partial charge in [0.15, 0.2) is 5.71 Å². The second-order valence-electron chi connectivity index (χ2n) is 18.0. The van der Waals surface area contributed by atoms with E-state index >= 15 is 0 Å². The van der Waals surface area contributed by atoms with Crippen molar-refractivity contribution < 1.29 is 51.0 Å². The Hall–Kier alpha value is -6.19. The molecule has 0 N–H and O–H groups in total. The van der Waals surface area contributed by atoms with Gasteiger partial charge in [0.25, 0.3) is 11.8 Å². The quantitative estimate of drug-likeness (QED) is 0.0372. The van der Waals surface area contributed by atoms with Crippen molar-refractivity contribution in [3.05, 3.63) is 138 Å². The van der Waals surface area contributed by atoms with Gasteiger partial charge in [-0.25, -0.2) is 13.2 Å². The maximum absolute atomic E-state index is 12.4. The lowest BCUT2D eigenvalue weighted by molar-refractivity contribution is -0.438. The van der Waals surface area contributed by atoms with Crippen molar-refractivity contribution in [1.82, 2.24) is 5.06 Å². The van der Waals surface area contributed by atoms with Crippen LogP contribution in [0.5, 0.6) is 5.75 Å². The zero-order valence-electron chi connectivity index (χ0n) is 39.1. The molecule has 0 atom stereocenters. The summed E-state index contributed by atoms with van der Waals surface area (Å²) >= 11 is 0. The first-order valence-electron chi connectivity index (χ1n) is 22.7. The number of fused-ring (bicyclic) bond motifs is 3. The fraction of sp³-hybridized carbons (Fsp3) is 0.358. The molecule has 1 saturated heterocycles. The van der Waals surface area contributed by atoms with E-state index in [1.165, 1.54) is 17.7 Å². The number of benzene rings is 3. The first-order valence-corrected chi connectivity index (χ1v) is 24.1. The number of allylic oxidation sites excluding steroid dienone is 10. The molecule has 3 aromatic carbocycles. The molecule has 0 bridgehead atoms. The van der Waals surface area contributed by atoms with Crippen molar-refractivity contribution >= 4 is 61.9 Å². The summed E-state index contributed by atoms with van der Waals surface area (Å²) < 4.78 is 56.0. The van der Waals surface area contributed by atoms with E-state index in [9.17, 15) is 27.4 Å². The molecule has 4 aliphatic heterocycles. The summed E-state index contributed by atoms with van der Waals surface area (Å²) in [6.07, 6.45) is 20.1. The Kier molecular flexibility index (Phi) is 15.1. The number of rotatable bonds is 19. The molecule has 4 heterocycles. The predicted octanol–water partition coefficient (Wildman–Crippen LogP) is 8.99. The molecule has 67 heavy (non-hydrogen) atoms. The van der Waals surface area contributed by atoms with Crippen LogP contribution in [0.1, 0.15) is 95.4 Å². The summed E-state index contributed by atoms with van der Waals surface area (Å²) in [5.41, 5.74) is 7.92. The highest BCUT2D eigenvalue weighted by atomic mass is 32.2. The normalized spacial score (nSPS) is 18.2. The zero-order valence-corrected chi connectivity index (χ0v) is 39.9. The molecule has 0 aromatic heterocycles.